The molecular weight excluding hydrogens is 442 g/mol. The van der Waals surface area contributed by atoms with E-state index in [9.17, 15) is 23.2 Å². The number of rotatable bonds is 15. The maximum Gasteiger partial charge on any atom is 0.244 e. The summed E-state index contributed by atoms with van der Waals surface area (Å²) in [7, 11) is 1.71. The van der Waals surface area contributed by atoms with Crippen LogP contribution < -0.4 is 16.4 Å². The Kier molecular flexibility index (Phi) is 13.3. The van der Waals surface area contributed by atoms with Gasteiger partial charge in [-0.2, -0.15) is 0 Å². The first-order valence-electron chi connectivity index (χ1n) is 12.1. The summed E-state index contributed by atoms with van der Waals surface area (Å²) < 4.78 is 26.9. The molecule has 0 fully saturated rings. The van der Waals surface area contributed by atoms with Gasteiger partial charge in [0.05, 0.1) is 6.42 Å². The number of carbonyl (C=O) groups excluding carboxylic acids is 3. The van der Waals surface area contributed by atoms with Crippen LogP contribution in [0.3, 0.4) is 0 Å². The normalized spacial score (nSPS) is 12.8. The monoisotopic (exact) mass is 482 g/mol. The van der Waals surface area contributed by atoms with Crippen LogP contribution in [0.5, 0.6) is 0 Å². The standard InChI is InChI=1S/C25H40F2N4O3/c1-5-6-11-31(4)25(34)21(9-7-8-10-28)30-24(33)22(12-17(2)3)29-23(32)15-18-13-19(26)16-20(27)14-18/h13-14,16-17,21-22H,5-12,15,28H2,1-4H3,(H,29,32)(H,30,33)/t21-,22-/m0/s1. The lowest BCUT2D eigenvalue weighted by Gasteiger charge is -2.27. The number of unbranched alkanes of at least 4 members (excludes halogenated alkanes) is 2. The quantitative estimate of drug-likeness (QED) is 0.334. The molecule has 9 heteroatoms. The second-order valence-electron chi connectivity index (χ2n) is 9.16. The molecule has 0 unspecified atom stereocenters. The first kappa shape index (κ1) is 29.5. The van der Waals surface area contributed by atoms with Crippen molar-refractivity contribution in [1.29, 1.82) is 0 Å². The third-order valence-electron chi connectivity index (χ3n) is 5.43. The number of hydrogen-bond acceptors (Lipinski definition) is 4. The Morgan fingerprint density at radius 3 is 2.21 bits per heavy atom. The molecule has 0 spiro atoms. The van der Waals surface area contributed by atoms with Crippen LogP contribution in [0.1, 0.15) is 64.9 Å². The molecule has 0 bridgehead atoms. The first-order chi connectivity index (χ1) is 16.1. The Hall–Kier alpha value is -2.55. The lowest BCUT2D eigenvalue weighted by molar-refractivity contribution is -0.136. The maximum absolute atomic E-state index is 13.5. The van der Waals surface area contributed by atoms with E-state index in [-0.39, 0.29) is 23.8 Å². The van der Waals surface area contributed by atoms with Gasteiger partial charge in [0, 0.05) is 19.7 Å². The Bertz CT molecular complexity index is 784. The number of hydrogen-bond donors (Lipinski definition) is 3. The van der Waals surface area contributed by atoms with Crippen molar-refractivity contribution in [3.05, 3.63) is 35.4 Å². The third kappa shape index (κ3) is 11.0. The topological polar surface area (TPSA) is 105 Å². The SMILES string of the molecule is CCCCN(C)C(=O)[C@H](CCCCN)NC(=O)[C@H](CC(C)C)NC(=O)Cc1cc(F)cc(F)c1. The zero-order valence-corrected chi connectivity index (χ0v) is 20.8. The van der Waals surface area contributed by atoms with Gasteiger partial charge in [-0.1, -0.05) is 27.2 Å². The summed E-state index contributed by atoms with van der Waals surface area (Å²) in [5.74, 6) is -2.63. The largest absolute Gasteiger partial charge is 0.344 e. The van der Waals surface area contributed by atoms with Gasteiger partial charge in [0.25, 0.3) is 0 Å². The molecule has 0 aromatic heterocycles. The molecule has 0 saturated heterocycles. The Morgan fingerprint density at radius 2 is 1.65 bits per heavy atom. The number of benzene rings is 1. The Morgan fingerprint density at radius 1 is 1.00 bits per heavy atom. The number of nitrogens with zero attached hydrogens (tertiary/aromatic N) is 1. The molecule has 0 aliphatic rings. The molecular formula is C25H40F2N4O3. The maximum atomic E-state index is 13.5. The summed E-state index contributed by atoms with van der Waals surface area (Å²) in [5, 5.41) is 5.49. The summed E-state index contributed by atoms with van der Waals surface area (Å²) >= 11 is 0. The van der Waals surface area contributed by atoms with Crippen LogP contribution in [0.15, 0.2) is 18.2 Å². The van der Waals surface area contributed by atoms with Crippen molar-refractivity contribution in [3.63, 3.8) is 0 Å². The minimum absolute atomic E-state index is 0.0845. The van der Waals surface area contributed by atoms with Gasteiger partial charge in [0.15, 0.2) is 0 Å². The smallest absolute Gasteiger partial charge is 0.244 e. The lowest BCUT2D eigenvalue weighted by atomic mass is 10.0. The zero-order chi connectivity index (χ0) is 25.7. The van der Waals surface area contributed by atoms with Crippen LogP contribution >= 0.6 is 0 Å². The number of amides is 3. The first-order valence-corrected chi connectivity index (χ1v) is 12.1. The summed E-state index contributed by atoms with van der Waals surface area (Å²) in [6.45, 7) is 6.95. The van der Waals surface area contributed by atoms with Crippen LogP contribution in [-0.2, 0) is 20.8 Å². The zero-order valence-electron chi connectivity index (χ0n) is 20.8. The van der Waals surface area contributed by atoms with E-state index >= 15 is 0 Å². The van der Waals surface area contributed by atoms with Gasteiger partial charge in [-0.3, -0.25) is 14.4 Å². The highest BCUT2D eigenvalue weighted by Gasteiger charge is 2.28. The van der Waals surface area contributed by atoms with Crippen molar-refractivity contribution in [1.82, 2.24) is 15.5 Å². The number of halogens is 2. The highest BCUT2D eigenvalue weighted by atomic mass is 19.1. The second kappa shape index (κ2) is 15.4. The predicted molar refractivity (Wildman–Crippen MR) is 129 cm³/mol. The van der Waals surface area contributed by atoms with Crippen LogP contribution in [0.25, 0.3) is 0 Å². The summed E-state index contributed by atoms with van der Waals surface area (Å²) in [6, 6.07) is 1.30. The van der Waals surface area contributed by atoms with Gasteiger partial charge in [-0.25, -0.2) is 8.78 Å². The summed E-state index contributed by atoms with van der Waals surface area (Å²) in [5.41, 5.74) is 5.75. The molecule has 0 heterocycles. The molecule has 192 valence electrons. The van der Waals surface area contributed by atoms with Crippen molar-refractivity contribution in [3.8, 4) is 0 Å². The number of nitrogens with one attached hydrogen (secondary N) is 2. The fraction of sp³-hybridized carbons (Fsp3) is 0.640. The van der Waals surface area contributed by atoms with E-state index in [1.807, 2.05) is 20.8 Å². The van der Waals surface area contributed by atoms with E-state index in [0.29, 0.717) is 32.4 Å². The van der Waals surface area contributed by atoms with E-state index < -0.39 is 35.5 Å². The minimum Gasteiger partial charge on any atom is -0.344 e. The number of likely N-dealkylation sites (N-methyl/N-ethyl adjacent to an activating group) is 1. The van der Waals surface area contributed by atoms with E-state index in [2.05, 4.69) is 10.6 Å². The lowest BCUT2D eigenvalue weighted by Crippen LogP contribution is -2.54. The van der Waals surface area contributed by atoms with Crippen molar-refractivity contribution in [2.75, 3.05) is 20.1 Å². The van der Waals surface area contributed by atoms with Gasteiger partial charge in [0.1, 0.15) is 23.7 Å². The summed E-state index contributed by atoms with van der Waals surface area (Å²) in [6.07, 6.45) is 3.75. The van der Waals surface area contributed by atoms with Crippen molar-refractivity contribution in [2.45, 2.75) is 77.8 Å². The van der Waals surface area contributed by atoms with Gasteiger partial charge in [-0.05, 0) is 62.3 Å². The van der Waals surface area contributed by atoms with Gasteiger partial charge >= 0.3 is 0 Å². The Labute approximate surface area is 201 Å². The van der Waals surface area contributed by atoms with Crippen molar-refractivity contribution >= 4 is 17.7 Å². The van der Waals surface area contributed by atoms with Crippen LogP contribution in [0.2, 0.25) is 0 Å². The molecule has 1 aromatic rings. The van der Waals surface area contributed by atoms with E-state index in [4.69, 9.17) is 5.73 Å². The molecule has 0 saturated carbocycles. The molecule has 2 atom stereocenters. The molecule has 3 amide bonds. The number of carbonyl (C=O) groups is 3. The van der Waals surface area contributed by atoms with Crippen molar-refractivity contribution in [2.24, 2.45) is 11.7 Å². The van der Waals surface area contributed by atoms with Gasteiger partial charge < -0.3 is 21.3 Å². The Balaban J connectivity index is 2.92. The van der Waals surface area contributed by atoms with Crippen molar-refractivity contribution < 1.29 is 23.2 Å². The molecule has 0 aliphatic heterocycles. The van der Waals surface area contributed by atoms with E-state index in [0.717, 1.165) is 37.5 Å². The molecule has 4 N–H and O–H groups in total. The van der Waals surface area contributed by atoms with E-state index in [1.54, 1.807) is 11.9 Å². The van der Waals surface area contributed by atoms with E-state index in [1.165, 1.54) is 0 Å². The molecule has 0 aliphatic carbocycles. The molecule has 0 radical (unpaired) electrons. The second-order valence-corrected chi connectivity index (χ2v) is 9.16. The highest BCUT2D eigenvalue weighted by molar-refractivity contribution is 5.92. The number of nitrogens with two attached hydrogens (primary N) is 1. The fourth-order valence-corrected chi connectivity index (χ4v) is 3.64. The highest BCUT2D eigenvalue weighted by Crippen LogP contribution is 2.11. The van der Waals surface area contributed by atoms with Crippen LogP contribution in [0.4, 0.5) is 8.78 Å². The van der Waals surface area contributed by atoms with Crippen LogP contribution in [-0.4, -0.2) is 54.8 Å². The average molecular weight is 483 g/mol. The summed E-state index contributed by atoms with van der Waals surface area (Å²) in [4.78, 5) is 40.3. The van der Waals surface area contributed by atoms with Gasteiger partial charge in [0.2, 0.25) is 17.7 Å². The third-order valence-corrected chi connectivity index (χ3v) is 5.43. The predicted octanol–water partition coefficient (Wildman–Crippen LogP) is 2.91. The van der Waals surface area contributed by atoms with Crippen LogP contribution in [0, 0.1) is 17.6 Å². The molecule has 1 aromatic carbocycles. The fourth-order valence-electron chi connectivity index (χ4n) is 3.64. The van der Waals surface area contributed by atoms with Gasteiger partial charge in [-0.15, -0.1) is 0 Å². The minimum atomic E-state index is -0.878. The molecule has 1 rings (SSSR count). The average Bonchev–Trinajstić information content (AvgIpc) is 2.74. The molecule has 34 heavy (non-hydrogen) atoms. The molecule has 7 nitrogen and oxygen atoms in total.